The number of fused-ring (bicyclic) bond motifs is 1. The van der Waals surface area contributed by atoms with Gasteiger partial charge in [-0.15, -0.1) is 0 Å². The lowest BCUT2D eigenvalue weighted by Gasteiger charge is -2.40. The molecule has 1 saturated carbocycles. The molecule has 0 N–H and O–H groups in total. The van der Waals surface area contributed by atoms with E-state index in [0.29, 0.717) is 23.0 Å². The number of piperidine rings is 1. The predicted octanol–water partition coefficient (Wildman–Crippen LogP) is 1.76. The normalized spacial score (nSPS) is 17.8. The van der Waals surface area contributed by atoms with Crippen LogP contribution in [-0.4, -0.2) is 49.7 Å². The van der Waals surface area contributed by atoms with Crippen molar-refractivity contribution in [1.29, 1.82) is 0 Å². The van der Waals surface area contributed by atoms with Gasteiger partial charge in [0.05, 0.1) is 17.1 Å². The van der Waals surface area contributed by atoms with Gasteiger partial charge in [0.15, 0.2) is 0 Å². The molecule has 0 bridgehead atoms. The van der Waals surface area contributed by atoms with Crippen LogP contribution in [0, 0.1) is 0 Å². The topological polar surface area (TPSA) is 80.0 Å². The Hall–Kier alpha value is -3.03. The Morgan fingerprint density at radius 1 is 1.04 bits per heavy atom. The first-order valence-corrected chi connectivity index (χ1v) is 9.82. The van der Waals surface area contributed by atoms with Crippen LogP contribution in [0.5, 0.6) is 0 Å². The van der Waals surface area contributed by atoms with E-state index < -0.39 is 0 Å². The maximum absolute atomic E-state index is 12.7. The summed E-state index contributed by atoms with van der Waals surface area (Å²) in [5.41, 5.74) is 0.633. The van der Waals surface area contributed by atoms with Gasteiger partial charge in [0.1, 0.15) is 12.1 Å². The molecule has 0 amide bonds. The summed E-state index contributed by atoms with van der Waals surface area (Å²) in [5, 5.41) is 0.611. The summed E-state index contributed by atoms with van der Waals surface area (Å²) in [6.45, 7) is 1.73. The molecule has 3 aromatic heterocycles. The molecule has 0 spiro atoms. The highest BCUT2D eigenvalue weighted by Crippen LogP contribution is 2.35. The maximum Gasteiger partial charge on any atom is 0.262 e. The predicted molar refractivity (Wildman–Crippen MR) is 108 cm³/mol. The second-order valence-corrected chi connectivity index (χ2v) is 7.59. The molecule has 1 aliphatic carbocycles. The quantitative estimate of drug-likeness (QED) is 0.685. The third-order valence-electron chi connectivity index (χ3n) is 5.77. The maximum atomic E-state index is 12.7. The third-order valence-corrected chi connectivity index (χ3v) is 5.77. The fraction of sp³-hybridized carbons (Fsp3) is 0.450. The van der Waals surface area contributed by atoms with Gasteiger partial charge < -0.3 is 9.80 Å². The highest BCUT2D eigenvalue weighted by Gasteiger charge is 2.36. The van der Waals surface area contributed by atoms with Crippen LogP contribution in [0.1, 0.15) is 25.7 Å². The van der Waals surface area contributed by atoms with E-state index in [-0.39, 0.29) is 5.56 Å². The summed E-state index contributed by atoms with van der Waals surface area (Å²) in [6.07, 6.45) is 11.2. The molecule has 8 nitrogen and oxygen atoms in total. The van der Waals surface area contributed by atoms with Crippen LogP contribution in [0.15, 0.2) is 41.8 Å². The van der Waals surface area contributed by atoms with Crippen molar-refractivity contribution >= 4 is 22.7 Å². The molecule has 5 rings (SSSR count). The van der Waals surface area contributed by atoms with Crippen molar-refractivity contribution in [1.82, 2.24) is 24.5 Å². The average Bonchev–Trinajstić information content (AvgIpc) is 3.57. The van der Waals surface area contributed by atoms with Gasteiger partial charge in [0, 0.05) is 44.6 Å². The van der Waals surface area contributed by atoms with Crippen LogP contribution in [0.25, 0.3) is 10.9 Å². The molecule has 0 atom stereocenters. The SMILES string of the molecule is Cn1c(N2CCC(N(c3ccncn3)C3CC3)CC2)nc2cnccc2c1=O. The largest absolute Gasteiger partial charge is 0.350 e. The van der Waals surface area contributed by atoms with Crippen LogP contribution < -0.4 is 15.4 Å². The lowest BCUT2D eigenvalue weighted by Crippen LogP contribution is -2.47. The number of pyridine rings is 1. The van der Waals surface area contributed by atoms with Crippen molar-refractivity contribution in [3.8, 4) is 0 Å². The summed E-state index contributed by atoms with van der Waals surface area (Å²) in [7, 11) is 1.80. The van der Waals surface area contributed by atoms with Gasteiger partial charge >= 0.3 is 0 Å². The summed E-state index contributed by atoms with van der Waals surface area (Å²) in [5.74, 6) is 1.75. The Balaban J connectivity index is 1.38. The van der Waals surface area contributed by atoms with Gasteiger partial charge in [0.2, 0.25) is 5.95 Å². The molecule has 4 heterocycles. The molecule has 144 valence electrons. The van der Waals surface area contributed by atoms with Gasteiger partial charge in [0.25, 0.3) is 5.56 Å². The third kappa shape index (κ3) is 2.98. The van der Waals surface area contributed by atoms with Crippen molar-refractivity contribution in [2.45, 2.75) is 37.8 Å². The molecule has 1 saturated heterocycles. The average molecular weight is 377 g/mol. The zero-order chi connectivity index (χ0) is 19.1. The van der Waals surface area contributed by atoms with Crippen LogP contribution in [0.4, 0.5) is 11.8 Å². The first-order chi connectivity index (χ1) is 13.7. The van der Waals surface area contributed by atoms with E-state index >= 15 is 0 Å². The van der Waals surface area contributed by atoms with E-state index in [1.807, 2.05) is 12.3 Å². The second kappa shape index (κ2) is 6.85. The number of hydrogen-bond acceptors (Lipinski definition) is 7. The number of anilines is 2. The Kier molecular flexibility index (Phi) is 4.18. The fourth-order valence-corrected chi connectivity index (χ4v) is 4.20. The number of hydrogen-bond donors (Lipinski definition) is 0. The van der Waals surface area contributed by atoms with Crippen LogP contribution in [0.3, 0.4) is 0 Å². The van der Waals surface area contributed by atoms with Crippen LogP contribution in [0.2, 0.25) is 0 Å². The summed E-state index contributed by atoms with van der Waals surface area (Å²) in [6, 6.07) is 4.79. The van der Waals surface area contributed by atoms with E-state index in [1.165, 1.54) is 12.8 Å². The zero-order valence-electron chi connectivity index (χ0n) is 15.9. The van der Waals surface area contributed by atoms with Crippen molar-refractivity contribution < 1.29 is 0 Å². The second-order valence-electron chi connectivity index (χ2n) is 7.59. The standard InChI is InChI=1S/C20H23N7O/c1-25-19(28)16-4-8-21-12-17(16)24-20(25)26-10-6-15(7-11-26)27(14-2-3-14)18-5-9-22-13-23-18/h4-5,8-9,12-15H,2-3,6-7,10-11H2,1H3. The highest BCUT2D eigenvalue weighted by molar-refractivity contribution is 5.77. The molecular formula is C20H23N7O. The lowest BCUT2D eigenvalue weighted by molar-refractivity contribution is 0.452. The number of nitrogens with zero attached hydrogens (tertiary/aromatic N) is 7. The first kappa shape index (κ1) is 17.1. The van der Waals surface area contributed by atoms with Crippen LogP contribution in [-0.2, 0) is 7.05 Å². The zero-order valence-corrected chi connectivity index (χ0v) is 15.9. The Bertz CT molecular complexity index is 1040. The van der Waals surface area contributed by atoms with Crippen molar-refractivity contribution in [3.05, 3.63) is 47.4 Å². The molecule has 1 aliphatic heterocycles. The van der Waals surface area contributed by atoms with Crippen molar-refractivity contribution in [3.63, 3.8) is 0 Å². The number of rotatable bonds is 4. The summed E-state index contributed by atoms with van der Waals surface area (Å²) >= 11 is 0. The molecule has 0 unspecified atom stereocenters. The van der Waals surface area contributed by atoms with Crippen molar-refractivity contribution in [2.24, 2.45) is 7.05 Å². The van der Waals surface area contributed by atoms with Crippen molar-refractivity contribution in [2.75, 3.05) is 22.9 Å². The monoisotopic (exact) mass is 377 g/mol. The van der Waals surface area contributed by atoms with E-state index in [4.69, 9.17) is 4.98 Å². The minimum atomic E-state index is -0.0230. The molecule has 0 radical (unpaired) electrons. The smallest absolute Gasteiger partial charge is 0.262 e. The van der Waals surface area contributed by atoms with E-state index in [2.05, 4.69) is 24.8 Å². The lowest BCUT2D eigenvalue weighted by atomic mass is 10.0. The van der Waals surface area contributed by atoms with E-state index in [1.54, 1.807) is 36.4 Å². The van der Waals surface area contributed by atoms with E-state index in [9.17, 15) is 4.79 Å². The Labute approximate surface area is 162 Å². The number of aromatic nitrogens is 5. The summed E-state index contributed by atoms with van der Waals surface area (Å²) in [4.78, 5) is 34.8. The molecule has 0 aromatic carbocycles. The van der Waals surface area contributed by atoms with Gasteiger partial charge in [-0.2, -0.15) is 0 Å². The van der Waals surface area contributed by atoms with Crippen LogP contribution >= 0.6 is 0 Å². The molecule has 2 fully saturated rings. The molecule has 8 heteroatoms. The molecule has 2 aliphatic rings. The van der Waals surface area contributed by atoms with E-state index in [0.717, 1.165) is 37.7 Å². The molecule has 28 heavy (non-hydrogen) atoms. The molecule has 3 aromatic rings. The Morgan fingerprint density at radius 3 is 2.50 bits per heavy atom. The van der Waals surface area contributed by atoms with Gasteiger partial charge in [-0.3, -0.25) is 14.3 Å². The summed E-state index contributed by atoms with van der Waals surface area (Å²) < 4.78 is 1.66. The van der Waals surface area contributed by atoms with Gasteiger partial charge in [-0.05, 0) is 37.8 Å². The minimum absolute atomic E-state index is 0.0230. The van der Waals surface area contributed by atoms with Gasteiger partial charge in [-0.1, -0.05) is 0 Å². The Morgan fingerprint density at radius 2 is 1.79 bits per heavy atom. The highest BCUT2D eigenvalue weighted by atomic mass is 16.1. The van der Waals surface area contributed by atoms with Gasteiger partial charge in [-0.25, -0.2) is 15.0 Å². The fourth-order valence-electron chi connectivity index (χ4n) is 4.20. The minimum Gasteiger partial charge on any atom is -0.350 e. The molecular weight excluding hydrogens is 354 g/mol. The first-order valence-electron chi connectivity index (χ1n) is 9.82.